The van der Waals surface area contributed by atoms with E-state index in [9.17, 15) is 4.79 Å². The molecule has 0 bridgehead atoms. The SMILES string of the molecule is CCn1c(SCC(=O)N/N=C(/C)c2cccs2)nnc1-c1ccc(C(C)(C)C)cc1. The number of rotatable bonds is 7. The Hall–Kier alpha value is -2.45. The van der Waals surface area contributed by atoms with Crippen LogP contribution in [0.2, 0.25) is 0 Å². The van der Waals surface area contributed by atoms with Gasteiger partial charge >= 0.3 is 0 Å². The van der Waals surface area contributed by atoms with Crippen LogP contribution in [0.25, 0.3) is 11.4 Å². The van der Waals surface area contributed by atoms with E-state index in [1.165, 1.54) is 17.3 Å². The molecule has 0 atom stereocenters. The van der Waals surface area contributed by atoms with Crippen molar-refractivity contribution in [3.05, 3.63) is 52.2 Å². The van der Waals surface area contributed by atoms with Crippen molar-refractivity contribution in [2.75, 3.05) is 5.75 Å². The van der Waals surface area contributed by atoms with Crippen molar-refractivity contribution in [1.82, 2.24) is 20.2 Å². The third-order valence-electron chi connectivity index (χ3n) is 4.60. The van der Waals surface area contributed by atoms with Crippen molar-refractivity contribution in [2.45, 2.75) is 51.7 Å². The van der Waals surface area contributed by atoms with Gasteiger partial charge in [0.2, 0.25) is 0 Å². The zero-order valence-corrected chi connectivity index (χ0v) is 19.6. The van der Waals surface area contributed by atoms with Crippen LogP contribution in [0.3, 0.4) is 0 Å². The predicted octanol–water partition coefficient (Wildman–Crippen LogP) is 4.96. The number of hydrazone groups is 1. The number of nitrogens with zero attached hydrogens (tertiary/aromatic N) is 4. The van der Waals surface area contributed by atoms with Crippen LogP contribution >= 0.6 is 23.1 Å². The zero-order chi connectivity index (χ0) is 21.7. The van der Waals surface area contributed by atoms with Crippen molar-refractivity contribution in [3.63, 3.8) is 0 Å². The van der Waals surface area contributed by atoms with Gasteiger partial charge in [0.25, 0.3) is 5.91 Å². The van der Waals surface area contributed by atoms with Crippen molar-refractivity contribution in [3.8, 4) is 11.4 Å². The Kier molecular flexibility index (Phi) is 7.10. The molecule has 3 aromatic rings. The first-order valence-electron chi connectivity index (χ1n) is 9.83. The Labute approximate surface area is 185 Å². The highest BCUT2D eigenvalue weighted by atomic mass is 32.2. The number of hydrogen-bond acceptors (Lipinski definition) is 6. The van der Waals surface area contributed by atoms with Crippen LogP contribution in [-0.2, 0) is 16.8 Å². The summed E-state index contributed by atoms with van der Waals surface area (Å²) in [5.41, 5.74) is 5.81. The number of thioether (sulfide) groups is 1. The molecule has 0 aliphatic carbocycles. The van der Waals surface area contributed by atoms with Gasteiger partial charge in [-0.15, -0.1) is 21.5 Å². The van der Waals surface area contributed by atoms with Gasteiger partial charge in [-0.05, 0) is 36.3 Å². The molecule has 6 nitrogen and oxygen atoms in total. The van der Waals surface area contributed by atoms with Crippen molar-refractivity contribution in [2.24, 2.45) is 5.10 Å². The van der Waals surface area contributed by atoms with E-state index in [0.29, 0.717) is 0 Å². The summed E-state index contributed by atoms with van der Waals surface area (Å²) in [6, 6.07) is 12.4. The van der Waals surface area contributed by atoms with Crippen LogP contribution in [0.4, 0.5) is 0 Å². The number of nitrogens with one attached hydrogen (secondary N) is 1. The number of benzene rings is 1. The molecule has 2 heterocycles. The van der Waals surface area contributed by atoms with Crippen molar-refractivity contribution in [1.29, 1.82) is 0 Å². The Morgan fingerprint density at radius 3 is 2.53 bits per heavy atom. The molecule has 2 aromatic heterocycles. The summed E-state index contributed by atoms with van der Waals surface area (Å²) in [5, 5.41) is 15.6. The average molecular weight is 442 g/mol. The van der Waals surface area contributed by atoms with Gasteiger partial charge in [-0.3, -0.25) is 4.79 Å². The zero-order valence-electron chi connectivity index (χ0n) is 18.0. The molecule has 1 amide bonds. The lowest BCUT2D eigenvalue weighted by molar-refractivity contribution is -0.118. The Bertz CT molecular complexity index is 1010. The molecule has 0 aliphatic heterocycles. The van der Waals surface area contributed by atoms with Gasteiger partial charge in [0, 0.05) is 17.0 Å². The van der Waals surface area contributed by atoms with E-state index in [2.05, 4.69) is 72.7 Å². The molecule has 3 rings (SSSR count). The minimum atomic E-state index is -0.169. The van der Waals surface area contributed by atoms with Gasteiger partial charge in [-0.2, -0.15) is 5.10 Å². The molecule has 0 saturated carbocycles. The predicted molar refractivity (Wildman–Crippen MR) is 125 cm³/mol. The Balaban J connectivity index is 1.66. The molecule has 0 aliphatic rings. The molecule has 0 unspecified atom stereocenters. The van der Waals surface area contributed by atoms with Gasteiger partial charge in [-0.1, -0.05) is 62.9 Å². The number of aromatic nitrogens is 3. The molecule has 1 N–H and O–H groups in total. The van der Waals surface area contributed by atoms with Crippen molar-refractivity contribution < 1.29 is 4.79 Å². The van der Waals surface area contributed by atoms with Crippen LogP contribution < -0.4 is 5.43 Å². The molecular weight excluding hydrogens is 414 g/mol. The Morgan fingerprint density at radius 1 is 1.20 bits per heavy atom. The topological polar surface area (TPSA) is 72.2 Å². The van der Waals surface area contributed by atoms with Crippen LogP contribution in [0.15, 0.2) is 52.0 Å². The molecule has 0 fully saturated rings. The lowest BCUT2D eigenvalue weighted by Gasteiger charge is -2.19. The molecule has 1 aromatic carbocycles. The minimum Gasteiger partial charge on any atom is -0.302 e. The third kappa shape index (κ3) is 5.37. The summed E-state index contributed by atoms with van der Waals surface area (Å²) in [6.07, 6.45) is 0. The summed E-state index contributed by atoms with van der Waals surface area (Å²) in [6.45, 7) is 11.2. The quantitative estimate of drug-likeness (QED) is 0.320. The van der Waals surface area contributed by atoms with Crippen LogP contribution in [0.1, 0.15) is 45.1 Å². The highest BCUT2D eigenvalue weighted by Crippen LogP contribution is 2.27. The number of amides is 1. The van der Waals surface area contributed by atoms with E-state index in [4.69, 9.17) is 0 Å². The fourth-order valence-electron chi connectivity index (χ4n) is 2.86. The molecular formula is C22H27N5OS2. The smallest absolute Gasteiger partial charge is 0.250 e. The number of thiophene rings is 1. The lowest BCUT2D eigenvalue weighted by atomic mass is 9.87. The highest BCUT2D eigenvalue weighted by Gasteiger charge is 2.17. The van der Waals surface area contributed by atoms with Crippen LogP contribution in [-0.4, -0.2) is 32.1 Å². The maximum atomic E-state index is 12.2. The Morgan fingerprint density at radius 2 is 1.93 bits per heavy atom. The molecule has 158 valence electrons. The molecule has 0 radical (unpaired) electrons. The maximum absolute atomic E-state index is 12.2. The summed E-state index contributed by atoms with van der Waals surface area (Å²) < 4.78 is 2.03. The molecule has 8 heteroatoms. The first kappa shape index (κ1) is 22.2. The van der Waals surface area contributed by atoms with Crippen LogP contribution in [0.5, 0.6) is 0 Å². The molecule has 30 heavy (non-hydrogen) atoms. The summed E-state index contributed by atoms with van der Waals surface area (Å²) in [5.74, 6) is 0.868. The van der Waals surface area contributed by atoms with Gasteiger partial charge in [0.1, 0.15) is 0 Å². The van der Waals surface area contributed by atoms with Gasteiger partial charge in [0.15, 0.2) is 11.0 Å². The second-order valence-corrected chi connectivity index (χ2v) is 9.77. The number of hydrogen-bond donors (Lipinski definition) is 1. The number of carbonyl (C=O) groups excluding carboxylic acids is 1. The average Bonchev–Trinajstić information content (AvgIpc) is 3.39. The largest absolute Gasteiger partial charge is 0.302 e. The monoisotopic (exact) mass is 441 g/mol. The molecule has 0 saturated heterocycles. The first-order valence-corrected chi connectivity index (χ1v) is 11.7. The second kappa shape index (κ2) is 9.57. The van der Waals surface area contributed by atoms with E-state index in [1.807, 2.05) is 29.0 Å². The van der Waals surface area contributed by atoms with Gasteiger partial charge in [0.05, 0.1) is 11.5 Å². The fourth-order valence-corrected chi connectivity index (χ4v) is 4.33. The lowest BCUT2D eigenvalue weighted by Crippen LogP contribution is -2.21. The van der Waals surface area contributed by atoms with Gasteiger partial charge in [-0.25, -0.2) is 5.43 Å². The van der Waals surface area contributed by atoms with E-state index < -0.39 is 0 Å². The van der Waals surface area contributed by atoms with Gasteiger partial charge < -0.3 is 4.57 Å². The van der Waals surface area contributed by atoms with E-state index in [0.717, 1.165) is 33.7 Å². The first-order chi connectivity index (χ1) is 14.3. The summed E-state index contributed by atoms with van der Waals surface area (Å²) in [4.78, 5) is 13.2. The van der Waals surface area contributed by atoms with E-state index in [1.54, 1.807) is 11.3 Å². The van der Waals surface area contributed by atoms with Crippen molar-refractivity contribution >= 4 is 34.7 Å². The minimum absolute atomic E-state index is 0.107. The number of carbonyl (C=O) groups is 1. The van der Waals surface area contributed by atoms with Crippen LogP contribution in [0, 0.1) is 0 Å². The normalized spacial score (nSPS) is 12.2. The maximum Gasteiger partial charge on any atom is 0.250 e. The third-order valence-corrected chi connectivity index (χ3v) is 6.55. The highest BCUT2D eigenvalue weighted by molar-refractivity contribution is 7.99. The summed E-state index contributed by atoms with van der Waals surface area (Å²) in [7, 11) is 0. The van der Waals surface area contributed by atoms with E-state index >= 15 is 0 Å². The standard InChI is InChI=1S/C22H27N5OS2/c1-6-27-20(16-9-11-17(12-10-16)22(3,4)5)25-26-21(27)30-14-19(28)24-23-15(2)18-8-7-13-29-18/h7-13H,6,14H2,1-5H3,(H,24,28)/b23-15-. The fraction of sp³-hybridized carbons (Fsp3) is 0.364. The summed E-state index contributed by atoms with van der Waals surface area (Å²) >= 11 is 2.95. The second-order valence-electron chi connectivity index (χ2n) is 7.88. The molecule has 0 spiro atoms. The van der Waals surface area contributed by atoms with E-state index in [-0.39, 0.29) is 17.1 Å².